The lowest BCUT2D eigenvalue weighted by molar-refractivity contribution is -0.122. The Balaban J connectivity index is 1.53. The Morgan fingerprint density at radius 1 is 1.06 bits per heavy atom. The Morgan fingerprint density at radius 3 is 2.40 bits per heavy atom. The molecule has 2 fully saturated rings. The van der Waals surface area contributed by atoms with Gasteiger partial charge in [0.05, 0.1) is 50.8 Å². The predicted octanol–water partition coefficient (Wildman–Crippen LogP) is 3.32. The van der Waals surface area contributed by atoms with Crippen molar-refractivity contribution in [2.24, 2.45) is 5.92 Å². The first-order valence-electron chi connectivity index (χ1n) is 12.1. The van der Waals surface area contributed by atoms with Crippen molar-refractivity contribution >= 4 is 28.9 Å². The van der Waals surface area contributed by atoms with E-state index in [4.69, 9.17) is 18.9 Å². The minimum Gasteiger partial charge on any atom is -0.497 e. The van der Waals surface area contributed by atoms with E-state index in [1.807, 2.05) is 38.1 Å². The molecule has 2 saturated heterocycles. The highest BCUT2D eigenvalue weighted by atomic mass is 16.5. The van der Waals surface area contributed by atoms with Gasteiger partial charge < -0.3 is 34.1 Å². The van der Waals surface area contributed by atoms with Gasteiger partial charge in [0.25, 0.3) is 0 Å². The number of amides is 2. The smallest absolute Gasteiger partial charge is 0.229 e. The molecule has 4 rings (SSSR count). The van der Waals surface area contributed by atoms with E-state index >= 15 is 0 Å². The molecule has 2 aromatic rings. The molecule has 1 N–H and O–H groups in total. The molecule has 0 radical (unpaired) electrons. The molecule has 2 heterocycles. The second-order valence-electron chi connectivity index (χ2n) is 8.37. The number of hydrogen-bond acceptors (Lipinski definition) is 7. The summed E-state index contributed by atoms with van der Waals surface area (Å²) in [4.78, 5) is 29.7. The van der Waals surface area contributed by atoms with E-state index in [9.17, 15) is 9.59 Å². The van der Waals surface area contributed by atoms with Gasteiger partial charge in [-0.25, -0.2) is 0 Å². The molecule has 2 aliphatic heterocycles. The van der Waals surface area contributed by atoms with E-state index in [1.54, 1.807) is 24.1 Å². The van der Waals surface area contributed by atoms with Crippen LogP contribution in [0.1, 0.15) is 20.3 Å². The van der Waals surface area contributed by atoms with Gasteiger partial charge in [0, 0.05) is 43.9 Å². The minimum absolute atomic E-state index is 0.0852. The first-order chi connectivity index (χ1) is 17.0. The number of carbonyl (C=O) groups is 2. The van der Waals surface area contributed by atoms with Crippen LogP contribution in [0.2, 0.25) is 0 Å². The highest BCUT2D eigenvalue weighted by molar-refractivity contribution is 6.04. The standard InChI is InChI=1S/C26H33N3O6/c1-4-34-23-16-22(28-10-12-33-13-11-28)24(35-5-2)15-21(23)27-26(31)18-14-25(30)29(17-18)19-6-8-20(32-3)9-7-19/h6-9,15-16,18H,4-5,10-14,17H2,1-3H3,(H,27,31). The Bertz CT molecular complexity index is 1040. The van der Waals surface area contributed by atoms with E-state index < -0.39 is 5.92 Å². The minimum atomic E-state index is -0.478. The summed E-state index contributed by atoms with van der Waals surface area (Å²) in [5.74, 6) is 1.17. The van der Waals surface area contributed by atoms with Crippen molar-refractivity contribution in [1.82, 2.24) is 0 Å². The molecule has 2 amide bonds. The third kappa shape index (κ3) is 5.62. The summed E-state index contributed by atoms with van der Waals surface area (Å²) in [5, 5.41) is 2.99. The van der Waals surface area contributed by atoms with Crippen LogP contribution in [-0.4, -0.2) is 65.0 Å². The molecule has 9 nitrogen and oxygen atoms in total. The number of methoxy groups -OCH3 is 1. The Morgan fingerprint density at radius 2 is 1.74 bits per heavy atom. The maximum atomic E-state index is 13.2. The number of rotatable bonds is 9. The van der Waals surface area contributed by atoms with Crippen molar-refractivity contribution in [3.05, 3.63) is 36.4 Å². The third-order valence-corrected chi connectivity index (χ3v) is 6.15. The number of anilines is 3. The van der Waals surface area contributed by atoms with Crippen LogP contribution < -0.4 is 29.3 Å². The summed E-state index contributed by atoms with van der Waals surface area (Å²) in [5.41, 5.74) is 2.19. The fourth-order valence-electron chi connectivity index (χ4n) is 4.37. The molecule has 0 aliphatic carbocycles. The Kier molecular flexibility index (Phi) is 7.97. The number of nitrogens with one attached hydrogen (secondary N) is 1. The van der Waals surface area contributed by atoms with Crippen LogP contribution in [0.25, 0.3) is 0 Å². The molecular weight excluding hydrogens is 450 g/mol. The Hall–Kier alpha value is -3.46. The van der Waals surface area contributed by atoms with Gasteiger partial charge in [0.1, 0.15) is 17.2 Å². The first kappa shape index (κ1) is 24.7. The molecule has 9 heteroatoms. The van der Waals surface area contributed by atoms with Gasteiger partial charge in [-0.1, -0.05) is 0 Å². The highest BCUT2D eigenvalue weighted by Crippen LogP contribution is 2.40. The zero-order valence-corrected chi connectivity index (χ0v) is 20.5. The molecule has 188 valence electrons. The number of benzene rings is 2. The van der Waals surface area contributed by atoms with E-state index in [2.05, 4.69) is 10.2 Å². The number of carbonyl (C=O) groups excluding carboxylic acids is 2. The van der Waals surface area contributed by atoms with Gasteiger partial charge in [-0.05, 0) is 38.1 Å². The highest BCUT2D eigenvalue weighted by Gasteiger charge is 2.35. The van der Waals surface area contributed by atoms with Crippen LogP contribution in [0.3, 0.4) is 0 Å². The number of nitrogens with zero attached hydrogens (tertiary/aromatic N) is 2. The number of ether oxygens (including phenoxy) is 4. The average molecular weight is 484 g/mol. The van der Waals surface area contributed by atoms with Gasteiger partial charge >= 0.3 is 0 Å². The van der Waals surface area contributed by atoms with Crippen LogP contribution in [0.15, 0.2) is 36.4 Å². The molecule has 0 bridgehead atoms. The maximum Gasteiger partial charge on any atom is 0.229 e. The zero-order chi connectivity index (χ0) is 24.8. The lowest BCUT2D eigenvalue weighted by Gasteiger charge is -2.31. The van der Waals surface area contributed by atoms with Crippen LogP contribution in [-0.2, 0) is 14.3 Å². The number of morpholine rings is 1. The second-order valence-corrected chi connectivity index (χ2v) is 8.37. The zero-order valence-electron chi connectivity index (χ0n) is 20.5. The molecule has 35 heavy (non-hydrogen) atoms. The summed E-state index contributed by atoms with van der Waals surface area (Å²) in [7, 11) is 1.59. The summed E-state index contributed by atoms with van der Waals surface area (Å²) in [6, 6.07) is 11.0. The van der Waals surface area contributed by atoms with Crippen LogP contribution in [0.5, 0.6) is 17.2 Å². The van der Waals surface area contributed by atoms with Gasteiger partial charge in [-0.3, -0.25) is 9.59 Å². The van der Waals surface area contributed by atoms with E-state index in [1.165, 1.54) is 0 Å². The molecule has 2 aromatic carbocycles. The second kappa shape index (κ2) is 11.3. The first-order valence-corrected chi connectivity index (χ1v) is 12.1. The molecule has 2 aliphatic rings. The van der Waals surface area contributed by atoms with Crippen molar-refractivity contribution in [3.63, 3.8) is 0 Å². The monoisotopic (exact) mass is 483 g/mol. The van der Waals surface area contributed by atoms with E-state index in [0.29, 0.717) is 55.9 Å². The topological polar surface area (TPSA) is 89.6 Å². The summed E-state index contributed by atoms with van der Waals surface area (Å²) in [6.45, 7) is 7.88. The van der Waals surface area contributed by atoms with Crippen molar-refractivity contribution < 1.29 is 28.5 Å². The molecule has 0 spiro atoms. The molecule has 1 atom stereocenters. The average Bonchev–Trinajstić information content (AvgIpc) is 3.28. The molecule has 1 unspecified atom stereocenters. The largest absolute Gasteiger partial charge is 0.497 e. The quantitative estimate of drug-likeness (QED) is 0.585. The van der Waals surface area contributed by atoms with Crippen LogP contribution >= 0.6 is 0 Å². The Labute approximate surface area is 205 Å². The predicted molar refractivity (Wildman–Crippen MR) is 134 cm³/mol. The normalized spacial score (nSPS) is 17.9. The SMILES string of the molecule is CCOc1cc(N2CCOCC2)c(OCC)cc1NC(=O)C1CC(=O)N(c2ccc(OC)cc2)C1. The van der Waals surface area contributed by atoms with Crippen LogP contribution in [0, 0.1) is 5.92 Å². The molecule has 0 aromatic heterocycles. The van der Waals surface area contributed by atoms with Crippen LogP contribution in [0.4, 0.5) is 17.1 Å². The van der Waals surface area contributed by atoms with Crippen molar-refractivity contribution in [1.29, 1.82) is 0 Å². The third-order valence-electron chi connectivity index (χ3n) is 6.15. The van der Waals surface area contributed by atoms with E-state index in [-0.39, 0.29) is 18.2 Å². The molecule has 0 saturated carbocycles. The fourth-order valence-corrected chi connectivity index (χ4v) is 4.37. The van der Waals surface area contributed by atoms with E-state index in [0.717, 1.165) is 24.5 Å². The molecular formula is C26H33N3O6. The fraction of sp³-hybridized carbons (Fsp3) is 0.462. The van der Waals surface area contributed by atoms with Gasteiger partial charge in [-0.15, -0.1) is 0 Å². The summed E-state index contributed by atoms with van der Waals surface area (Å²) >= 11 is 0. The van der Waals surface area contributed by atoms with Crippen molar-refractivity contribution in [2.75, 3.05) is 68.3 Å². The summed E-state index contributed by atoms with van der Waals surface area (Å²) in [6.07, 6.45) is 0.145. The lowest BCUT2D eigenvalue weighted by atomic mass is 10.1. The lowest BCUT2D eigenvalue weighted by Crippen LogP contribution is -2.36. The number of hydrogen-bond donors (Lipinski definition) is 1. The van der Waals surface area contributed by atoms with Gasteiger partial charge in [0.2, 0.25) is 11.8 Å². The van der Waals surface area contributed by atoms with Crippen molar-refractivity contribution in [3.8, 4) is 17.2 Å². The van der Waals surface area contributed by atoms with Gasteiger partial charge in [-0.2, -0.15) is 0 Å². The maximum absolute atomic E-state index is 13.2. The van der Waals surface area contributed by atoms with Crippen molar-refractivity contribution in [2.45, 2.75) is 20.3 Å². The van der Waals surface area contributed by atoms with Gasteiger partial charge in [0.15, 0.2) is 0 Å². The summed E-state index contributed by atoms with van der Waals surface area (Å²) < 4.78 is 22.5.